The first-order valence-corrected chi connectivity index (χ1v) is 9.23. The molecule has 3 aromatic heterocycles. The number of hydrogen-bond acceptors (Lipinski definition) is 6. The normalized spacial score (nSPS) is 12.2. The lowest BCUT2D eigenvalue weighted by atomic mass is 10.2. The van der Waals surface area contributed by atoms with Crippen LogP contribution in [0.4, 0.5) is 39.3 Å². The van der Waals surface area contributed by atoms with E-state index in [0.717, 1.165) is 13.0 Å². The van der Waals surface area contributed by atoms with Gasteiger partial charge in [-0.3, -0.25) is 4.98 Å². The van der Waals surface area contributed by atoms with E-state index in [9.17, 15) is 22.0 Å². The van der Waals surface area contributed by atoms with Crippen LogP contribution in [0, 0.1) is 0 Å². The predicted molar refractivity (Wildman–Crippen MR) is 106 cm³/mol. The Morgan fingerprint density at radius 1 is 0.871 bits per heavy atom. The minimum Gasteiger partial charge on any atom is -0.368 e. The molecule has 3 rings (SSSR count). The molecule has 3 heterocycles. The van der Waals surface area contributed by atoms with Crippen molar-refractivity contribution in [1.29, 1.82) is 0 Å². The lowest BCUT2D eigenvalue weighted by Crippen LogP contribution is -2.13. The number of nitrogens with one attached hydrogen (secondary N) is 2. The van der Waals surface area contributed by atoms with Crippen molar-refractivity contribution in [2.45, 2.75) is 38.9 Å². The molecule has 0 aromatic carbocycles. The third-order valence-electron chi connectivity index (χ3n) is 3.91. The summed E-state index contributed by atoms with van der Waals surface area (Å²) in [5, 5.41) is 5.92. The van der Waals surface area contributed by atoms with Gasteiger partial charge in [0.25, 0.3) is 5.92 Å². The summed E-state index contributed by atoms with van der Waals surface area (Å²) in [6.07, 6.45) is -3.40. The minimum atomic E-state index is -4.62. The standard InChI is InChI=1S/C20H19F5N6/c1-11(2)27-16-10-17(28-12-7-8-26-15(9-12)19(3,21)22)31-18(30-16)13-5-4-6-14(29-13)20(23,24)25/h4-11H,1-3H3,(H2,26,27,28,30,31). The van der Waals surface area contributed by atoms with E-state index in [2.05, 4.69) is 30.6 Å². The van der Waals surface area contributed by atoms with Crippen LogP contribution < -0.4 is 10.6 Å². The first-order chi connectivity index (χ1) is 14.4. The summed E-state index contributed by atoms with van der Waals surface area (Å²) >= 11 is 0. The Morgan fingerprint density at radius 2 is 1.58 bits per heavy atom. The van der Waals surface area contributed by atoms with Gasteiger partial charge < -0.3 is 10.6 Å². The highest BCUT2D eigenvalue weighted by Crippen LogP contribution is 2.30. The summed E-state index contributed by atoms with van der Waals surface area (Å²) in [5.41, 5.74) is -1.31. The molecule has 0 unspecified atom stereocenters. The number of anilines is 3. The Kier molecular flexibility index (Phi) is 6.05. The number of hydrogen-bond donors (Lipinski definition) is 2. The lowest BCUT2D eigenvalue weighted by Gasteiger charge is -2.15. The Balaban J connectivity index is 2.02. The van der Waals surface area contributed by atoms with Crippen LogP contribution in [0.5, 0.6) is 0 Å². The van der Waals surface area contributed by atoms with E-state index in [0.29, 0.717) is 5.82 Å². The van der Waals surface area contributed by atoms with E-state index < -0.39 is 23.5 Å². The van der Waals surface area contributed by atoms with Gasteiger partial charge in [0.15, 0.2) is 5.82 Å². The quantitative estimate of drug-likeness (QED) is 0.486. The van der Waals surface area contributed by atoms with Gasteiger partial charge in [-0.2, -0.15) is 22.0 Å². The fourth-order valence-corrected chi connectivity index (χ4v) is 2.61. The number of alkyl halides is 5. The van der Waals surface area contributed by atoms with Crippen LogP contribution in [0.2, 0.25) is 0 Å². The summed E-state index contributed by atoms with van der Waals surface area (Å²) in [6.45, 7) is 4.44. The topological polar surface area (TPSA) is 75.6 Å². The third kappa shape index (κ3) is 5.83. The molecule has 6 nitrogen and oxygen atoms in total. The maximum absolute atomic E-state index is 13.6. The number of halogens is 5. The molecule has 0 bridgehead atoms. The highest BCUT2D eigenvalue weighted by atomic mass is 19.4. The molecule has 0 saturated carbocycles. The molecule has 31 heavy (non-hydrogen) atoms. The van der Waals surface area contributed by atoms with Gasteiger partial charge in [-0.05, 0) is 38.1 Å². The van der Waals surface area contributed by atoms with Gasteiger partial charge in [0.1, 0.15) is 28.7 Å². The largest absolute Gasteiger partial charge is 0.433 e. The maximum atomic E-state index is 13.6. The SMILES string of the molecule is CC(C)Nc1cc(Nc2ccnc(C(C)(F)F)c2)nc(-c2cccc(C(F)(F)F)n2)n1. The first-order valence-electron chi connectivity index (χ1n) is 9.23. The molecular weight excluding hydrogens is 419 g/mol. The first kappa shape index (κ1) is 22.3. The van der Waals surface area contributed by atoms with Crippen LogP contribution in [0.1, 0.15) is 32.2 Å². The monoisotopic (exact) mass is 438 g/mol. The predicted octanol–water partition coefficient (Wildman–Crippen LogP) is 5.63. The van der Waals surface area contributed by atoms with Crippen LogP contribution in [0.3, 0.4) is 0 Å². The summed E-state index contributed by atoms with van der Waals surface area (Å²) in [5.74, 6) is -2.68. The summed E-state index contributed by atoms with van der Waals surface area (Å²) in [4.78, 5) is 15.7. The molecule has 0 aliphatic heterocycles. The van der Waals surface area contributed by atoms with Crippen molar-refractivity contribution in [1.82, 2.24) is 19.9 Å². The van der Waals surface area contributed by atoms with Crippen molar-refractivity contribution in [3.8, 4) is 11.5 Å². The number of rotatable bonds is 6. The van der Waals surface area contributed by atoms with Gasteiger partial charge in [-0.25, -0.2) is 15.0 Å². The molecule has 2 N–H and O–H groups in total. The number of pyridine rings is 2. The van der Waals surface area contributed by atoms with Gasteiger partial charge in [-0.1, -0.05) is 6.07 Å². The zero-order valence-electron chi connectivity index (χ0n) is 16.8. The molecular formula is C20H19F5N6. The maximum Gasteiger partial charge on any atom is 0.433 e. The summed E-state index contributed by atoms with van der Waals surface area (Å²) in [7, 11) is 0. The second-order valence-corrected chi connectivity index (χ2v) is 7.11. The molecule has 3 aromatic rings. The number of nitrogens with zero attached hydrogens (tertiary/aromatic N) is 4. The van der Waals surface area contributed by atoms with E-state index in [-0.39, 0.29) is 29.1 Å². The molecule has 0 atom stereocenters. The Morgan fingerprint density at radius 3 is 2.23 bits per heavy atom. The van der Waals surface area contributed by atoms with Crippen molar-refractivity contribution in [3.05, 3.63) is 54.0 Å². The van der Waals surface area contributed by atoms with Crippen molar-refractivity contribution >= 4 is 17.3 Å². The highest BCUT2D eigenvalue weighted by molar-refractivity contribution is 5.64. The van der Waals surface area contributed by atoms with Gasteiger partial charge in [0.05, 0.1) is 0 Å². The van der Waals surface area contributed by atoms with E-state index in [1.165, 1.54) is 36.5 Å². The highest BCUT2D eigenvalue weighted by Gasteiger charge is 2.32. The lowest BCUT2D eigenvalue weighted by molar-refractivity contribution is -0.141. The van der Waals surface area contributed by atoms with Crippen LogP contribution in [-0.4, -0.2) is 26.0 Å². The smallest absolute Gasteiger partial charge is 0.368 e. The van der Waals surface area contributed by atoms with E-state index in [4.69, 9.17) is 0 Å². The summed E-state index contributed by atoms with van der Waals surface area (Å²) < 4.78 is 66.3. The van der Waals surface area contributed by atoms with Crippen molar-refractivity contribution in [2.24, 2.45) is 0 Å². The molecule has 0 aliphatic carbocycles. The molecule has 0 radical (unpaired) electrons. The second kappa shape index (κ2) is 8.40. The zero-order chi connectivity index (χ0) is 22.8. The number of aromatic nitrogens is 4. The summed E-state index contributed by atoms with van der Waals surface area (Å²) in [6, 6.07) is 7.54. The second-order valence-electron chi connectivity index (χ2n) is 7.11. The van der Waals surface area contributed by atoms with Gasteiger partial charge in [0.2, 0.25) is 0 Å². The van der Waals surface area contributed by atoms with Crippen molar-refractivity contribution in [2.75, 3.05) is 10.6 Å². The van der Waals surface area contributed by atoms with Crippen molar-refractivity contribution < 1.29 is 22.0 Å². The van der Waals surface area contributed by atoms with E-state index in [1.54, 1.807) is 0 Å². The van der Waals surface area contributed by atoms with Crippen LogP contribution >= 0.6 is 0 Å². The minimum absolute atomic E-state index is 0.0311. The molecule has 164 valence electrons. The average molecular weight is 438 g/mol. The van der Waals surface area contributed by atoms with Crippen molar-refractivity contribution in [3.63, 3.8) is 0 Å². The van der Waals surface area contributed by atoms with Crippen LogP contribution in [0.15, 0.2) is 42.6 Å². The Bertz CT molecular complexity index is 1060. The fourth-order valence-electron chi connectivity index (χ4n) is 2.61. The van der Waals surface area contributed by atoms with Crippen LogP contribution in [0.25, 0.3) is 11.5 Å². The fraction of sp³-hybridized carbons (Fsp3) is 0.300. The molecule has 0 amide bonds. The van der Waals surface area contributed by atoms with Gasteiger partial charge in [-0.15, -0.1) is 0 Å². The molecule has 0 saturated heterocycles. The molecule has 0 spiro atoms. The van der Waals surface area contributed by atoms with E-state index >= 15 is 0 Å². The van der Waals surface area contributed by atoms with Gasteiger partial charge >= 0.3 is 6.18 Å². The molecule has 0 fully saturated rings. The zero-order valence-corrected chi connectivity index (χ0v) is 16.8. The van der Waals surface area contributed by atoms with Gasteiger partial charge in [0, 0.05) is 30.9 Å². The Hall–Kier alpha value is -3.37. The molecule has 0 aliphatic rings. The average Bonchev–Trinajstić information content (AvgIpc) is 2.66. The molecule has 11 heteroatoms. The van der Waals surface area contributed by atoms with Crippen LogP contribution in [-0.2, 0) is 12.1 Å². The Labute approximate surface area is 175 Å². The third-order valence-corrected chi connectivity index (χ3v) is 3.91. The van der Waals surface area contributed by atoms with E-state index in [1.807, 2.05) is 13.8 Å².